The van der Waals surface area contributed by atoms with Crippen LogP contribution in [-0.2, 0) is 0 Å². The largest absolute Gasteiger partial charge is 0.456 e. The number of furan rings is 2. The lowest BCUT2D eigenvalue weighted by atomic mass is 10.0. The second kappa shape index (κ2) is 12.3. The zero-order chi connectivity index (χ0) is 37.5. The number of hydrogen-bond donors (Lipinski definition) is 0. The summed E-state index contributed by atoms with van der Waals surface area (Å²) < 4.78 is 15.3. The molecule has 0 saturated heterocycles. The topological polar surface area (TPSA) is 69.9 Å². The van der Waals surface area contributed by atoms with Gasteiger partial charge in [0.25, 0.3) is 0 Å². The quantitative estimate of drug-likeness (QED) is 0.176. The highest BCUT2D eigenvalue weighted by molar-refractivity contribution is 6.24. The number of aromatic nitrogens is 4. The maximum absolute atomic E-state index is 6.70. The minimum Gasteiger partial charge on any atom is -0.456 e. The molecule has 12 rings (SSSR count). The summed E-state index contributed by atoms with van der Waals surface area (Å²) in [5.41, 5.74) is 11.4. The highest BCUT2D eigenvalue weighted by Gasteiger charge is 2.21. The molecular weight excluding hydrogens is 701 g/mol. The van der Waals surface area contributed by atoms with E-state index >= 15 is 0 Å². The van der Waals surface area contributed by atoms with E-state index in [0.717, 1.165) is 88.4 Å². The van der Waals surface area contributed by atoms with E-state index in [-0.39, 0.29) is 0 Å². The molecule has 0 atom stereocenters. The van der Waals surface area contributed by atoms with Gasteiger partial charge in [0.15, 0.2) is 17.5 Å². The molecule has 0 saturated carbocycles. The van der Waals surface area contributed by atoms with Gasteiger partial charge in [0.1, 0.15) is 22.3 Å². The zero-order valence-electron chi connectivity index (χ0n) is 30.4. The Morgan fingerprint density at radius 2 is 0.947 bits per heavy atom. The maximum atomic E-state index is 6.70. The lowest BCUT2D eigenvalue weighted by Crippen LogP contribution is -2.00. The van der Waals surface area contributed by atoms with Gasteiger partial charge in [0.2, 0.25) is 0 Å². The summed E-state index contributed by atoms with van der Waals surface area (Å²) in [5, 5.41) is 6.46. The van der Waals surface area contributed by atoms with E-state index in [1.165, 1.54) is 10.8 Å². The molecular formula is C51H30N4O2. The number of rotatable bonds is 5. The molecule has 0 aliphatic carbocycles. The number of nitrogens with zero attached hydrogens (tertiary/aromatic N) is 4. The predicted molar refractivity (Wildman–Crippen MR) is 230 cm³/mol. The van der Waals surface area contributed by atoms with Crippen molar-refractivity contribution in [2.24, 2.45) is 0 Å². The average Bonchev–Trinajstić information content (AvgIpc) is 3.96. The second-order valence-corrected chi connectivity index (χ2v) is 14.4. The van der Waals surface area contributed by atoms with E-state index in [1.807, 2.05) is 36.4 Å². The van der Waals surface area contributed by atoms with E-state index in [0.29, 0.717) is 17.5 Å². The Kier molecular flexibility index (Phi) is 6.83. The van der Waals surface area contributed by atoms with Crippen LogP contribution in [0.3, 0.4) is 0 Å². The van der Waals surface area contributed by atoms with Crippen LogP contribution in [0.1, 0.15) is 0 Å². The summed E-state index contributed by atoms with van der Waals surface area (Å²) in [4.78, 5) is 15.5. The Labute approximate surface area is 325 Å². The fourth-order valence-electron chi connectivity index (χ4n) is 8.48. The highest BCUT2D eigenvalue weighted by Crippen LogP contribution is 2.42. The molecule has 12 aromatic rings. The third-order valence-electron chi connectivity index (χ3n) is 11.0. The molecule has 6 nitrogen and oxygen atoms in total. The number of fused-ring (bicyclic) bond motifs is 10. The lowest BCUT2D eigenvalue weighted by Gasteiger charge is -2.10. The van der Waals surface area contributed by atoms with Gasteiger partial charge in [-0.25, -0.2) is 15.0 Å². The van der Waals surface area contributed by atoms with Crippen molar-refractivity contribution in [1.82, 2.24) is 19.5 Å². The van der Waals surface area contributed by atoms with Gasteiger partial charge in [-0.3, -0.25) is 0 Å². The fraction of sp³-hybridized carbons (Fsp3) is 0. The van der Waals surface area contributed by atoms with Crippen LogP contribution in [0.15, 0.2) is 191 Å². The van der Waals surface area contributed by atoms with Crippen molar-refractivity contribution in [2.75, 3.05) is 0 Å². The van der Waals surface area contributed by atoms with E-state index < -0.39 is 0 Å². The van der Waals surface area contributed by atoms with Crippen LogP contribution in [0, 0.1) is 0 Å². The van der Waals surface area contributed by atoms with Crippen LogP contribution in [0.2, 0.25) is 0 Å². The third kappa shape index (κ3) is 4.94. The van der Waals surface area contributed by atoms with Crippen LogP contribution in [0.5, 0.6) is 0 Å². The van der Waals surface area contributed by atoms with E-state index in [2.05, 4.69) is 150 Å². The summed E-state index contributed by atoms with van der Waals surface area (Å²) in [5.74, 6) is 1.70. The predicted octanol–water partition coefficient (Wildman–Crippen LogP) is 13.4. The highest BCUT2D eigenvalue weighted by atomic mass is 16.3. The van der Waals surface area contributed by atoms with Crippen LogP contribution < -0.4 is 0 Å². The zero-order valence-corrected chi connectivity index (χ0v) is 30.4. The van der Waals surface area contributed by atoms with E-state index in [4.69, 9.17) is 23.8 Å². The van der Waals surface area contributed by atoms with Crippen LogP contribution in [-0.4, -0.2) is 19.5 Å². The van der Waals surface area contributed by atoms with Gasteiger partial charge in [0.05, 0.1) is 16.4 Å². The second-order valence-electron chi connectivity index (χ2n) is 14.4. The first kappa shape index (κ1) is 31.5. The van der Waals surface area contributed by atoms with E-state index in [9.17, 15) is 0 Å². The molecule has 0 amide bonds. The molecule has 0 N–H and O–H groups in total. The Morgan fingerprint density at radius 3 is 1.81 bits per heavy atom. The van der Waals surface area contributed by atoms with Crippen molar-refractivity contribution >= 4 is 65.7 Å². The van der Waals surface area contributed by atoms with Crippen LogP contribution in [0.4, 0.5) is 0 Å². The first-order valence-electron chi connectivity index (χ1n) is 19.0. The van der Waals surface area contributed by atoms with Crippen molar-refractivity contribution in [3.63, 3.8) is 0 Å². The molecule has 6 heteroatoms. The molecule has 0 radical (unpaired) electrons. The molecule has 8 aromatic carbocycles. The SMILES string of the molecule is c1ccc(-c2cccc(-c3nc(-c4ccc5c(c4)oc4ccc6c7ccccc7n(-c7ccccc7)c6c45)nc(-c4cccc5oc6ccccc6c45)n3)c2)cc1. The average molecular weight is 731 g/mol. The van der Waals surface area contributed by atoms with Crippen molar-refractivity contribution in [2.45, 2.75) is 0 Å². The Hall–Kier alpha value is -7.83. The van der Waals surface area contributed by atoms with Crippen molar-refractivity contribution in [3.05, 3.63) is 182 Å². The van der Waals surface area contributed by atoms with Gasteiger partial charge in [0, 0.05) is 49.3 Å². The molecule has 4 aromatic heterocycles. The van der Waals surface area contributed by atoms with Gasteiger partial charge in [-0.05, 0) is 71.8 Å². The molecule has 266 valence electrons. The summed E-state index contributed by atoms with van der Waals surface area (Å²) in [7, 11) is 0. The van der Waals surface area contributed by atoms with Gasteiger partial charge in [-0.1, -0.05) is 121 Å². The Morgan fingerprint density at radius 1 is 0.351 bits per heavy atom. The number of hydrogen-bond acceptors (Lipinski definition) is 5. The van der Waals surface area contributed by atoms with Crippen LogP contribution >= 0.6 is 0 Å². The summed E-state index contributed by atoms with van der Waals surface area (Å²) in [6.45, 7) is 0. The third-order valence-corrected chi connectivity index (χ3v) is 11.0. The Bertz CT molecular complexity index is 3530. The first-order chi connectivity index (χ1) is 28.2. The fourth-order valence-corrected chi connectivity index (χ4v) is 8.48. The molecule has 0 fully saturated rings. The van der Waals surface area contributed by atoms with Crippen molar-refractivity contribution in [3.8, 4) is 51.0 Å². The van der Waals surface area contributed by atoms with Gasteiger partial charge >= 0.3 is 0 Å². The van der Waals surface area contributed by atoms with Crippen molar-refractivity contribution in [1.29, 1.82) is 0 Å². The number of para-hydroxylation sites is 3. The molecule has 0 aliphatic rings. The maximum Gasteiger partial charge on any atom is 0.164 e. The van der Waals surface area contributed by atoms with E-state index in [1.54, 1.807) is 0 Å². The van der Waals surface area contributed by atoms with Gasteiger partial charge < -0.3 is 13.4 Å². The standard InChI is InChI=1S/C51H30N4O2/c1-3-13-31(14-4-1)32-15-11-16-33(29-32)49-52-50(54-51(53-49)40-21-12-24-43-46(40)38-20-8-10-23-42(38)56-43)34-25-26-39-45(30-34)57-44-28-27-37-36-19-7-9-22-41(36)55(48(37)47(39)44)35-17-5-2-6-18-35/h1-30H. The lowest BCUT2D eigenvalue weighted by molar-refractivity contribution is 0.668. The van der Waals surface area contributed by atoms with Gasteiger partial charge in [-0.2, -0.15) is 0 Å². The number of benzene rings is 8. The molecule has 4 heterocycles. The summed E-state index contributed by atoms with van der Waals surface area (Å²) in [6.07, 6.45) is 0. The van der Waals surface area contributed by atoms with Crippen molar-refractivity contribution < 1.29 is 8.83 Å². The van der Waals surface area contributed by atoms with Gasteiger partial charge in [-0.15, -0.1) is 0 Å². The molecule has 0 spiro atoms. The summed E-state index contributed by atoms with van der Waals surface area (Å²) >= 11 is 0. The monoisotopic (exact) mass is 730 g/mol. The molecule has 0 aliphatic heterocycles. The minimum absolute atomic E-state index is 0.552. The molecule has 57 heavy (non-hydrogen) atoms. The minimum atomic E-state index is 0.552. The normalized spacial score (nSPS) is 11.9. The Balaban J connectivity index is 1.09. The van der Waals surface area contributed by atoms with Crippen LogP contribution in [0.25, 0.3) is 117 Å². The summed E-state index contributed by atoms with van der Waals surface area (Å²) in [6, 6.07) is 62.6. The molecule has 0 bridgehead atoms. The smallest absolute Gasteiger partial charge is 0.164 e. The molecule has 0 unspecified atom stereocenters. The first-order valence-corrected chi connectivity index (χ1v) is 19.0.